The Bertz CT molecular complexity index is 1060. The monoisotopic (exact) mass is 461 g/mol. The van der Waals surface area contributed by atoms with Crippen molar-refractivity contribution in [3.63, 3.8) is 0 Å². The van der Waals surface area contributed by atoms with Gasteiger partial charge in [0.2, 0.25) is 0 Å². The highest BCUT2D eigenvalue weighted by molar-refractivity contribution is 5.78. The van der Waals surface area contributed by atoms with Crippen LogP contribution in [0.3, 0.4) is 0 Å². The van der Waals surface area contributed by atoms with Gasteiger partial charge in [-0.1, -0.05) is 60.7 Å². The lowest BCUT2D eigenvalue weighted by molar-refractivity contribution is -0.167. The lowest BCUT2D eigenvalue weighted by atomic mass is 10.0. The van der Waals surface area contributed by atoms with Gasteiger partial charge in [-0.2, -0.15) is 0 Å². The van der Waals surface area contributed by atoms with E-state index in [9.17, 15) is 4.79 Å². The molecular weight excluding hydrogens is 426 g/mol. The molecule has 0 amide bonds. The van der Waals surface area contributed by atoms with Gasteiger partial charge in [0.1, 0.15) is 11.4 Å². The Kier molecular flexibility index (Phi) is 8.40. The van der Waals surface area contributed by atoms with Gasteiger partial charge in [0.05, 0.1) is 24.2 Å². The Hall–Kier alpha value is -3.25. The van der Waals surface area contributed by atoms with E-state index in [2.05, 4.69) is 18.7 Å². The molecule has 6 heteroatoms. The maximum Gasteiger partial charge on any atom is 0.335 e. The van der Waals surface area contributed by atoms with Crippen molar-refractivity contribution in [2.75, 3.05) is 18.1 Å². The Morgan fingerprint density at radius 3 is 2.00 bits per heavy atom. The summed E-state index contributed by atoms with van der Waals surface area (Å²) in [5.74, 6) is 0.407. The Morgan fingerprint density at radius 2 is 1.47 bits per heavy atom. The van der Waals surface area contributed by atoms with Gasteiger partial charge in [0.15, 0.2) is 6.10 Å². The molecule has 0 radical (unpaired) electrons. The fraction of sp³-hybridized carbons (Fsp3) is 0.393. The van der Waals surface area contributed by atoms with Crippen molar-refractivity contribution in [3.05, 3.63) is 66.9 Å². The molecule has 2 aromatic carbocycles. The highest BCUT2D eigenvalue weighted by atomic mass is 16.6. The van der Waals surface area contributed by atoms with Crippen LogP contribution in [-0.2, 0) is 14.3 Å². The second-order valence-corrected chi connectivity index (χ2v) is 9.49. The summed E-state index contributed by atoms with van der Waals surface area (Å²) in [5, 5.41) is 0. The normalized spacial score (nSPS) is 12.4. The van der Waals surface area contributed by atoms with Gasteiger partial charge in [0, 0.05) is 23.7 Å². The van der Waals surface area contributed by atoms with E-state index in [1.54, 1.807) is 6.92 Å². The molecule has 1 heterocycles. The molecule has 0 saturated heterocycles. The van der Waals surface area contributed by atoms with Crippen LogP contribution in [-0.4, -0.2) is 46.8 Å². The van der Waals surface area contributed by atoms with E-state index in [1.807, 2.05) is 87.6 Å². The van der Waals surface area contributed by atoms with E-state index >= 15 is 0 Å². The molecule has 1 unspecified atom stereocenters. The third-order valence-electron chi connectivity index (χ3n) is 5.21. The number of aromatic nitrogens is 2. The number of esters is 1. The van der Waals surface area contributed by atoms with Crippen molar-refractivity contribution in [1.82, 2.24) is 9.97 Å². The summed E-state index contributed by atoms with van der Waals surface area (Å²) in [5.41, 5.74) is 3.16. The number of rotatable bonds is 9. The minimum absolute atomic E-state index is 0.168. The fourth-order valence-electron chi connectivity index (χ4n) is 3.54. The third kappa shape index (κ3) is 6.87. The minimum atomic E-state index is -0.639. The molecule has 3 rings (SSSR count). The van der Waals surface area contributed by atoms with Crippen LogP contribution in [0, 0.1) is 0 Å². The number of hydrogen-bond acceptors (Lipinski definition) is 6. The van der Waals surface area contributed by atoms with Crippen molar-refractivity contribution >= 4 is 11.8 Å². The van der Waals surface area contributed by atoms with Crippen molar-refractivity contribution in [3.8, 4) is 22.5 Å². The van der Waals surface area contributed by atoms with Gasteiger partial charge >= 0.3 is 5.97 Å². The molecule has 0 aliphatic rings. The minimum Gasteiger partial charge on any atom is -0.458 e. The third-order valence-corrected chi connectivity index (χ3v) is 5.21. The van der Waals surface area contributed by atoms with E-state index in [0.29, 0.717) is 13.2 Å². The molecule has 0 fully saturated rings. The van der Waals surface area contributed by atoms with E-state index in [1.165, 1.54) is 0 Å². The second-order valence-electron chi connectivity index (χ2n) is 9.49. The number of carbonyl (C=O) groups is 1. The van der Waals surface area contributed by atoms with Crippen LogP contribution in [0.1, 0.15) is 41.5 Å². The van der Waals surface area contributed by atoms with Crippen molar-refractivity contribution in [2.24, 2.45) is 0 Å². The van der Waals surface area contributed by atoms with Gasteiger partial charge in [-0.25, -0.2) is 9.78 Å². The number of anilines is 1. The van der Waals surface area contributed by atoms with Gasteiger partial charge < -0.3 is 14.4 Å². The maximum absolute atomic E-state index is 12.2. The van der Waals surface area contributed by atoms with Crippen LogP contribution in [0.5, 0.6) is 0 Å². The average Bonchev–Trinajstić information content (AvgIpc) is 2.81. The van der Waals surface area contributed by atoms with Crippen LogP contribution < -0.4 is 4.90 Å². The molecule has 34 heavy (non-hydrogen) atoms. The zero-order valence-electron chi connectivity index (χ0n) is 21.0. The lowest BCUT2D eigenvalue weighted by Crippen LogP contribution is -2.37. The zero-order chi connectivity index (χ0) is 24.7. The molecule has 0 aliphatic heterocycles. The SMILES string of the molecule is CC(OCCN(c1cnc(-c2ccccc2)c(-c2ccccc2)n1)C(C)C)C(=O)OC(C)(C)C. The summed E-state index contributed by atoms with van der Waals surface area (Å²) >= 11 is 0. The van der Waals surface area contributed by atoms with Crippen LogP contribution >= 0.6 is 0 Å². The molecule has 180 valence electrons. The van der Waals surface area contributed by atoms with E-state index in [0.717, 1.165) is 28.3 Å². The average molecular weight is 462 g/mol. The van der Waals surface area contributed by atoms with Gasteiger partial charge in [-0.05, 0) is 41.5 Å². The first-order valence-electron chi connectivity index (χ1n) is 11.7. The second kappa shape index (κ2) is 11.3. The number of hydrogen-bond donors (Lipinski definition) is 0. The quantitative estimate of drug-likeness (QED) is 0.377. The molecule has 6 nitrogen and oxygen atoms in total. The highest BCUT2D eigenvalue weighted by Gasteiger charge is 2.23. The molecule has 0 aliphatic carbocycles. The summed E-state index contributed by atoms with van der Waals surface area (Å²) in [6.45, 7) is 12.4. The summed E-state index contributed by atoms with van der Waals surface area (Å²) in [7, 11) is 0. The van der Waals surface area contributed by atoms with Gasteiger partial charge in [-0.3, -0.25) is 4.98 Å². The van der Waals surface area contributed by atoms with Crippen LogP contribution in [0.2, 0.25) is 0 Å². The molecule has 0 bridgehead atoms. The predicted octanol–water partition coefficient (Wildman–Crippen LogP) is 5.77. The Balaban J connectivity index is 1.82. The maximum atomic E-state index is 12.2. The van der Waals surface area contributed by atoms with Gasteiger partial charge in [0.25, 0.3) is 0 Å². The first-order chi connectivity index (χ1) is 16.2. The Labute approximate surface area is 203 Å². The number of benzene rings is 2. The summed E-state index contributed by atoms with van der Waals surface area (Å²) < 4.78 is 11.2. The van der Waals surface area contributed by atoms with Gasteiger partial charge in [-0.15, -0.1) is 0 Å². The topological polar surface area (TPSA) is 64.5 Å². The number of nitrogens with zero attached hydrogens (tertiary/aromatic N) is 3. The molecular formula is C28H35N3O3. The standard InChI is InChI=1S/C28H35N3O3/c1-20(2)31(17-18-33-21(3)27(32)34-28(4,5)6)24-19-29-25(22-13-9-7-10-14-22)26(30-24)23-15-11-8-12-16-23/h7-16,19-21H,17-18H2,1-6H3. The van der Waals surface area contributed by atoms with Crippen molar-refractivity contribution in [2.45, 2.75) is 59.3 Å². The lowest BCUT2D eigenvalue weighted by Gasteiger charge is -2.29. The van der Waals surface area contributed by atoms with Crippen LogP contribution in [0.4, 0.5) is 5.82 Å². The van der Waals surface area contributed by atoms with Crippen LogP contribution in [0.25, 0.3) is 22.5 Å². The van der Waals surface area contributed by atoms with E-state index in [4.69, 9.17) is 19.4 Å². The number of carbonyl (C=O) groups excluding carboxylic acids is 1. The van der Waals surface area contributed by atoms with E-state index < -0.39 is 11.7 Å². The molecule has 1 atom stereocenters. The largest absolute Gasteiger partial charge is 0.458 e. The smallest absolute Gasteiger partial charge is 0.335 e. The van der Waals surface area contributed by atoms with Crippen LogP contribution in [0.15, 0.2) is 66.9 Å². The summed E-state index contributed by atoms with van der Waals surface area (Å²) in [6, 6.07) is 20.4. The van der Waals surface area contributed by atoms with Crippen molar-refractivity contribution < 1.29 is 14.3 Å². The highest BCUT2D eigenvalue weighted by Crippen LogP contribution is 2.30. The molecule has 1 aromatic heterocycles. The first kappa shape index (κ1) is 25.4. The molecule has 3 aromatic rings. The summed E-state index contributed by atoms with van der Waals surface area (Å²) in [4.78, 5) is 24.2. The first-order valence-corrected chi connectivity index (χ1v) is 11.7. The Morgan fingerprint density at radius 1 is 0.912 bits per heavy atom. The fourth-order valence-corrected chi connectivity index (χ4v) is 3.54. The number of ether oxygens (including phenoxy) is 2. The zero-order valence-corrected chi connectivity index (χ0v) is 21.0. The summed E-state index contributed by atoms with van der Waals surface area (Å²) in [6.07, 6.45) is 1.17. The van der Waals surface area contributed by atoms with E-state index in [-0.39, 0.29) is 12.0 Å². The predicted molar refractivity (Wildman–Crippen MR) is 137 cm³/mol. The van der Waals surface area contributed by atoms with Crippen molar-refractivity contribution in [1.29, 1.82) is 0 Å². The molecule has 0 saturated carbocycles. The molecule has 0 spiro atoms. The molecule has 0 N–H and O–H groups in total.